The molecule has 1 aromatic rings. The zero-order valence-electron chi connectivity index (χ0n) is 11.6. The number of hydrogen-bond donors (Lipinski definition) is 1. The summed E-state index contributed by atoms with van der Waals surface area (Å²) in [6, 6.07) is 9.04. The van der Waals surface area contributed by atoms with Crippen molar-refractivity contribution >= 4 is 0 Å². The molecule has 2 rings (SSSR count). The van der Waals surface area contributed by atoms with Crippen LogP contribution in [-0.4, -0.2) is 19.8 Å². The van der Waals surface area contributed by atoms with E-state index < -0.39 is 0 Å². The van der Waals surface area contributed by atoms with Crippen molar-refractivity contribution in [1.29, 1.82) is 0 Å². The fourth-order valence-electron chi connectivity index (χ4n) is 2.61. The monoisotopic (exact) mass is 247 g/mol. The molecule has 0 saturated heterocycles. The Balaban J connectivity index is 1.86. The fraction of sp³-hybridized carbons (Fsp3) is 0.625. The van der Waals surface area contributed by atoms with Crippen LogP contribution in [0, 0.1) is 6.92 Å². The van der Waals surface area contributed by atoms with E-state index in [1.54, 1.807) is 0 Å². The summed E-state index contributed by atoms with van der Waals surface area (Å²) >= 11 is 0. The Kier molecular flexibility index (Phi) is 5.21. The van der Waals surface area contributed by atoms with Gasteiger partial charge < -0.3 is 10.1 Å². The highest BCUT2D eigenvalue weighted by Gasteiger charge is 2.16. The second-order valence-corrected chi connectivity index (χ2v) is 5.35. The summed E-state index contributed by atoms with van der Waals surface area (Å²) in [4.78, 5) is 0. The zero-order valence-corrected chi connectivity index (χ0v) is 11.6. The molecular formula is C16H25NO. The Morgan fingerprint density at radius 3 is 2.44 bits per heavy atom. The van der Waals surface area contributed by atoms with Crippen molar-refractivity contribution in [1.82, 2.24) is 5.32 Å². The van der Waals surface area contributed by atoms with Gasteiger partial charge in [-0.05, 0) is 32.4 Å². The molecule has 0 aliphatic heterocycles. The first-order valence-corrected chi connectivity index (χ1v) is 7.15. The van der Waals surface area contributed by atoms with Crippen molar-refractivity contribution in [3.8, 4) is 0 Å². The maximum Gasteiger partial charge on any atom is 0.0665 e. The maximum atomic E-state index is 6.06. The van der Waals surface area contributed by atoms with Gasteiger partial charge >= 0.3 is 0 Å². The van der Waals surface area contributed by atoms with Crippen LogP contribution in [0.4, 0.5) is 0 Å². The Morgan fingerprint density at radius 2 is 1.83 bits per heavy atom. The topological polar surface area (TPSA) is 21.3 Å². The third-order valence-electron chi connectivity index (χ3n) is 3.88. The molecule has 0 aromatic heterocycles. The maximum absolute atomic E-state index is 6.06. The zero-order chi connectivity index (χ0) is 12.8. The van der Waals surface area contributed by atoms with Gasteiger partial charge in [0.1, 0.15) is 0 Å². The molecule has 1 fully saturated rings. The molecule has 18 heavy (non-hydrogen) atoms. The summed E-state index contributed by atoms with van der Waals surface area (Å²) in [6.07, 6.45) is 7.01. The quantitative estimate of drug-likeness (QED) is 0.858. The van der Waals surface area contributed by atoms with E-state index in [9.17, 15) is 0 Å². The molecule has 1 aliphatic rings. The van der Waals surface area contributed by atoms with E-state index in [1.807, 2.05) is 7.05 Å². The van der Waals surface area contributed by atoms with Gasteiger partial charge in [0.05, 0.1) is 18.8 Å². The number of ether oxygens (including phenoxy) is 1. The summed E-state index contributed by atoms with van der Waals surface area (Å²) in [6.45, 7) is 2.90. The molecule has 0 bridgehead atoms. The van der Waals surface area contributed by atoms with Crippen molar-refractivity contribution in [3.05, 3.63) is 35.4 Å². The Morgan fingerprint density at radius 1 is 1.17 bits per heavy atom. The molecule has 1 unspecified atom stereocenters. The second-order valence-electron chi connectivity index (χ2n) is 5.35. The summed E-state index contributed by atoms with van der Waals surface area (Å²) in [5.41, 5.74) is 2.63. The minimum absolute atomic E-state index is 0.313. The second kappa shape index (κ2) is 6.91. The Hall–Kier alpha value is -0.860. The summed E-state index contributed by atoms with van der Waals surface area (Å²) < 4.78 is 6.06. The highest BCUT2D eigenvalue weighted by Crippen LogP contribution is 2.22. The first kappa shape index (κ1) is 13.6. The third kappa shape index (κ3) is 3.82. The average Bonchev–Trinajstić information content (AvgIpc) is 2.42. The van der Waals surface area contributed by atoms with E-state index in [0.29, 0.717) is 12.1 Å². The number of aryl methyl sites for hydroxylation is 1. The molecule has 1 aliphatic carbocycles. The molecule has 0 heterocycles. The lowest BCUT2D eigenvalue weighted by atomic mass is 9.97. The first-order chi connectivity index (χ1) is 8.79. The van der Waals surface area contributed by atoms with Crippen LogP contribution >= 0.6 is 0 Å². The first-order valence-electron chi connectivity index (χ1n) is 7.15. The van der Waals surface area contributed by atoms with Gasteiger partial charge in [0.2, 0.25) is 0 Å². The van der Waals surface area contributed by atoms with Gasteiger partial charge in [0.25, 0.3) is 0 Å². The molecule has 0 amide bonds. The highest BCUT2D eigenvalue weighted by molar-refractivity contribution is 5.24. The molecule has 1 aromatic carbocycles. The van der Waals surface area contributed by atoms with E-state index in [0.717, 1.165) is 6.61 Å². The van der Waals surface area contributed by atoms with Crippen molar-refractivity contribution in [2.24, 2.45) is 0 Å². The number of likely N-dealkylation sites (N-methyl/N-ethyl adjacent to an activating group) is 1. The minimum Gasteiger partial charge on any atom is -0.376 e. The number of benzene rings is 1. The van der Waals surface area contributed by atoms with Gasteiger partial charge in [-0.15, -0.1) is 0 Å². The Bertz CT molecular complexity index is 341. The van der Waals surface area contributed by atoms with E-state index in [-0.39, 0.29) is 0 Å². The molecule has 0 spiro atoms. The largest absolute Gasteiger partial charge is 0.376 e. The number of rotatable bonds is 5. The van der Waals surface area contributed by atoms with Crippen molar-refractivity contribution in [2.75, 3.05) is 13.7 Å². The fourth-order valence-corrected chi connectivity index (χ4v) is 2.61. The SMILES string of the molecule is CNC(COC1CCCCC1)c1ccc(C)cc1. The van der Waals surface area contributed by atoms with Crippen LogP contribution in [-0.2, 0) is 4.74 Å². The van der Waals surface area contributed by atoms with Crippen molar-refractivity contribution < 1.29 is 4.74 Å². The van der Waals surface area contributed by atoms with Gasteiger partial charge in [-0.1, -0.05) is 49.1 Å². The third-order valence-corrected chi connectivity index (χ3v) is 3.88. The number of hydrogen-bond acceptors (Lipinski definition) is 2. The predicted octanol–water partition coefficient (Wildman–Crippen LogP) is 3.60. The lowest BCUT2D eigenvalue weighted by Crippen LogP contribution is -2.26. The summed E-state index contributed by atoms with van der Waals surface area (Å²) in [7, 11) is 2.01. The van der Waals surface area contributed by atoms with E-state index in [4.69, 9.17) is 4.74 Å². The average molecular weight is 247 g/mol. The molecule has 1 N–H and O–H groups in total. The number of nitrogens with one attached hydrogen (secondary N) is 1. The smallest absolute Gasteiger partial charge is 0.0665 e. The van der Waals surface area contributed by atoms with Crippen molar-refractivity contribution in [3.63, 3.8) is 0 Å². The van der Waals surface area contributed by atoms with Gasteiger partial charge in [0, 0.05) is 0 Å². The van der Waals surface area contributed by atoms with Gasteiger partial charge in [-0.25, -0.2) is 0 Å². The lowest BCUT2D eigenvalue weighted by Gasteiger charge is -2.25. The molecule has 2 nitrogen and oxygen atoms in total. The van der Waals surface area contributed by atoms with Crippen LogP contribution < -0.4 is 5.32 Å². The normalized spacial score (nSPS) is 18.8. The van der Waals surface area contributed by atoms with Crippen LogP contribution in [0.15, 0.2) is 24.3 Å². The van der Waals surface area contributed by atoms with Crippen LogP contribution in [0.2, 0.25) is 0 Å². The molecule has 100 valence electrons. The Labute approximate surface area is 111 Å². The summed E-state index contributed by atoms with van der Waals surface area (Å²) in [5.74, 6) is 0. The summed E-state index contributed by atoms with van der Waals surface area (Å²) in [5, 5.41) is 3.35. The van der Waals surface area contributed by atoms with Crippen LogP contribution in [0.25, 0.3) is 0 Å². The highest BCUT2D eigenvalue weighted by atomic mass is 16.5. The standard InChI is InChI=1S/C16H25NO/c1-13-8-10-14(11-9-13)16(17-2)12-18-15-6-4-3-5-7-15/h8-11,15-17H,3-7,12H2,1-2H3. The molecule has 1 atom stereocenters. The predicted molar refractivity (Wildman–Crippen MR) is 75.8 cm³/mol. The molecule has 2 heteroatoms. The van der Waals surface area contributed by atoms with E-state index in [1.165, 1.54) is 43.2 Å². The lowest BCUT2D eigenvalue weighted by molar-refractivity contribution is 0.0166. The molecular weight excluding hydrogens is 222 g/mol. The molecule has 1 saturated carbocycles. The van der Waals surface area contributed by atoms with Gasteiger partial charge in [-0.3, -0.25) is 0 Å². The van der Waals surface area contributed by atoms with E-state index in [2.05, 4.69) is 36.5 Å². The molecule has 0 radical (unpaired) electrons. The van der Waals surface area contributed by atoms with Crippen molar-refractivity contribution in [2.45, 2.75) is 51.2 Å². The van der Waals surface area contributed by atoms with Crippen LogP contribution in [0.1, 0.15) is 49.3 Å². The van der Waals surface area contributed by atoms with Gasteiger partial charge in [0.15, 0.2) is 0 Å². The van der Waals surface area contributed by atoms with E-state index >= 15 is 0 Å². The van der Waals surface area contributed by atoms with Crippen LogP contribution in [0.5, 0.6) is 0 Å². The minimum atomic E-state index is 0.313. The van der Waals surface area contributed by atoms with Gasteiger partial charge in [-0.2, -0.15) is 0 Å². The van der Waals surface area contributed by atoms with Crippen LogP contribution in [0.3, 0.4) is 0 Å².